The van der Waals surface area contributed by atoms with Gasteiger partial charge < -0.3 is 14.7 Å². The van der Waals surface area contributed by atoms with Gasteiger partial charge in [0.2, 0.25) is 11.8 Å². The van der Waals surface area contributed by atoms with E-state index < -0.39 is 0 Å². The summed E-state index contributed by atoms with van der Waals surface area (Å²) in [5.41, 5.74) is 0. The number of likely N-dealkylation sites (tertiary alicyclic amines) is 1. The van der Waals surface area contributed by atoms with Crippen molar-refractivity contribution in [2.75, 3.05) is 19.6 Å². The molecule has 0 saturated carbocycles. The minimum absolute atomic E-state index is 0.0323. The number of carbonyl (C=O) groups is 1. The summed E-state index contributed by atoms with van der Waals surface area (Å²) in [6.45, 7) is 4.49. The Kier molecular flexibility index (Phi) is 4.53. The highest BCUT2D eigenvalue weighted by molar-refractivity contribution is 5.82. The lowest BCUT2D eigenvalue weighted by Gasteiger charge is -2.35. The Balaban J connectivity index is 1.56. The van der Waals surface area contributed by atoms with Crippen molar-refractivity contribution in [3.05, 3.63) is 11.7 Å². The van der Waals surface area contributed by atoms with Crippen molar-refractivity contribution < 1.29 is 9.32 Å². The standard InChI is InChI=1S/C15H24N4O2/c1-11-17-14(18-21-11)9-12-5-4-8-19(10-12)15(20)13-6-2-3-7-16-13/h12-13,16H,2-10H2,1H3. The van der Waals surface area contributed by atoms with Crippen molar-refractivity contribution >= 4 is 5.91 Å². The minimum atomic E-state index is 0.0323. The molecule has 2 saturated heterocycles. The lowest BCUT2D eigenvalue weighted by molar-refractivity contribution is -0.135. The Bertz CT molecular complexity index is 482. The van der Waals surface area contributed by atoms with Gasteiger partial charge in [0.15, 0.2) is 5.82 Å². The molecule has 116 valence electrons. The van der Waals surface area contributed by atoms with E-state index in [1.54, 1.807) is 0 Å². The van der Waals surface area contributed by atoms with Crippen molar-refractivity contribution in [2.24, 2.45) is 5.92 Å². The second kappa shape index (κ2) is 6.56. The number of aryl methyl sites for hydroxylation is 1. The van der Waals surface area contributed by atoms with Crippen LogP contribution in [-0.2, 0) is 11.2 Å². The maximum absolute atomic E-state index is 12.6. The van der Waals surface area contributed by atoms with E-state index in [1.165, 1.54) is 6.42 Å². The van der Waals surface area contributed by atoms with Crippen LogP contribution >= 0.6 is 0 Å². The summed E-state index contributed by atoms with van der Waals surface area (Å²) in [4.78, 5) is 18.9. The van der Waals surface area contributed by atoms with E-state index in [1.807, 2.05) is 11.8 Å². The fourth-order valence-electron chi connectivity index (χ4n) is 3.40. The number of nitrogens with zero attached hydrogens (tertiary/aromatic N) is 3. The molecule has 6 heteroatoms. The molecule has 21 heavy (non-hydrogen) atoms. The van der Waals surface area contributed by atoms with E-state index in [9.17, 15) is 4.79 Å². The normalized spacial score (nSPS) is 26.8. The molecule has 3 rings (SSSR count). The molecule has 2 unspecified atom stereocenters. The van der Waals surface area contributed by atoms with Crippen LogP contribution in [0.15, 0.2) is 4.52 Å². The molecule has 1 N–H and O–H groups in total. The second-order valence-electron chi connectivity index (χ2n) is 6.23. The highest BCUT2D eigenvalue weighted by Gasteiger charge is 2.30. The highest BCUT2D eigenvalue weighted by Crippen LogP contribution is 2.21. The van der Waals surface area contributed by atoms with Gasteiger partial charge >= 0.3 is 0 Å². The summed E-state index contributed by atoms with van der Waals surface area (Å²) in [5, 5.41) is 7.32. The Morgan fingerprint density at radius 2 is 2.29 bits per heavy atom. The average Bonchev–Trinajstić information content (AvgIpc) is 2.93. The van der Waals surface area contributed by atoms with Crippen molar-refractivity contribution in [3.63, 3.8) is 0 Å². The first-order valence-electron chi connectivity index (χ1n) is 8.04. The fraction of sp³-hybridized carbons (Fsp3) is 0.800. The molecule has 0 aliphatic carbocycles. The van der Waals surface area contributed by atoms with E-state index in [0.717, 1.165) is 57.6 Å². The Morgan fingerprint density at radius 3 is 3.00 bits per heavy atom. The number of amides is 1. The number of piperidine rings is 2. The zero-order valence-corrected chi connectivity index (χ0v) is 12.7. The molecule has 3 heterocycles. The minimum Gasteiger partial charge on any atom is -0.341 e. The number of nitrogens with one attached hydrogen (secondary N) is 1. The smallest absolute Gasteiger partial charge is 0.239 e. The molecule has 2 atom stereocenters. The zero-order valence-electron chi connectivity index (χ0n) is 12.7. The van der Waals surface area contributed by atoms with Crippen LogP contribution in [0.3, 0.4) is 0 Å². The summed E-state index contributed by atoms with van der Waals surface area (Å²) >= 11 is 0. The summed E-state index contributed by atoms with van der Waals surface area (Å²) in [5.74, 6) is 2.11. The molecule has 1 aromatic rings. The highest BCUT2D eigenvalue weighted by atomic mass is 16.5. The molecule has 1 amide bonds. The summed E-state index contributed by atoms with van der Waals surface area (Å²) < 4.78 is 5.02. The molecule has 6 nitrogen and oxygen atoms in total. The molecular formula is C15H24N4O2. The summed E-state index contributed by atoms with van der Waals surface area (Å²) in [7, 11) is 0. The predicted octanol–water partition coefficient (Wildman–Crippen LogP) is 1.30. The van der Waals surface area contributed by atoms with Gasteiger partial charge in [-0.1, -0.05) is 11.6 Å². The molecule has 0 radical (unpaired) electrons. The van der Waals surface area contributed by atoms with Crippen LogP contribution in [0.25, 0.3) is 0 Å². The van der Waals surface area contributed by atoms with Crippen molar-refractivity contribution in [1.29, 1.82) is 0 Å². The second-order valence-corrected chi connectivity index (χ2v) is 6.23. The van der Waals surface area contributed by atoms with Gasteiger partial charge in [-0.2, -0.15) is 4.98 Å². The topological polar surface area (TPSA) is 71.3 Å². The molecule has 0 aromatic carbocycles. The lowest BCUT2D eigenvalue weighted by Crippen LogP contribution is -2.51. The lowest BCUT2D eigenvalue weighted by atomic mass is 9.93. The number of hydrogen-bond acceptors (Lipinski definition) is 5. The first-order valence-corrected chi connectivity index (χ1v) is 8.04. The molecule has 2 aliphatic rings. The summed E-state index contributed by atoms with van der Waals surface area (Å²) in [6, 6.07) is 0.0323. The van der Waals surface area contributed by atoms with Crippen LogP contribution < -0.4 is 5.32 Å². The molecular weight excluding hydrogens is 268 g/mol. The maximum Gasteiger partial charge on any atom is 0.239 e. The SMILES string of the molecule is Cc1nc(CC2CCCN(C(=O)C3CCCCN3)C2)no1. The van der Waals surface area contributed by atoms with Gasteiger partial charge in [0.1, 0.15) is 0 Å². The van der Waals surface area contributed by atoms with E-state index in [0.29, 0.717) is 11.8 Å². The first-order chi connectivity index (χ1) is 10.2. The largest absolute Gasteiger partial charge is 0.341 e. The van der Waals surface area contributed by atoms with Crippen LogP contribution in [0, 0.1) is 12.8 Å². The zero-order chi connectivity index (χ0) is 14.7. The number of aromatic nitrogens is 2. The molecule has 0 spiro atoms. The third-order valence-electron chi connectivity index (χ3n) is 4.48. The molecule has 0 bridgehead atoms. The molecule has 2 aliphatic heterocycles. The Hall–Kier alpha value is -1.43. The van der Waals surface area contributed by atoms with Crippen LogP contribution in [-0.4, -0.2) is 46.6 Å². The van der Waals surface area contributed by atoms with E-state index in [4.69, 9.17) is 4.52 Å². The summed E-state index contributed by atoms with van der Waals surface area (Å²) in [6.07, 6.45) is 6.32. The third kappa shape index (κ3) is 3.61. The van der Waals surface area contributed by atoms with Gasteiger partial charge in [-0.3, -0.25) is 4.79 Å². The van der Waals surface area contributed by atoms with E-state index >= 15 is 0 Å². The van der Waals surface area contributed by atoms with Crippen molar-refractivity contribution in [1.82, 2.24) is 20.4 Å². The van der Waals surface area contributed by atoms with Gasteiger partial charge in [0.05, 0.1) is 6.04 Å². The van der Waals surface area contributed by atoms with Gasteiger partial charge in [-0.25, -0.2) is 0 Å². The number of rotatable bonds is 3. The quantitative estimate of drug-likeness (QED) is 0.909. The monoisotopic (exact) mass is 292 g/mol. The molecule has 1 aromatic heterocycles. The molecule has 2 fully saturated rings. The Labute approximate surface area is 125 Å². The van der Waals surface area contributed by atoms with Crippen LogP contribution in [0.2, 0.25) is 0 Å². The van der Waals surface area contributed by atoms with Crippen LogP contribution in [0.5, 0.6) is 0 Å². The van der Waals surface area contributed by atoms with Gasteiger partial charge in [-0.15, -0.1) is 0 Å². The van der Waals surface area contributed by atoms with E-state index in [-0.39, 0.29) is 11.9 Å². The predicted molar refractivity (Wildman–Crippen MR) is 77.7 cm³/mol. The fourth-order valence-corrected chi connectivity index (χ4v) is 3.40. The first kappa shape index (κ1) is 14.5. The van der Waals surface area contributed by atoms with Gasteiger partial charge in [-0.05, 0) is 38.1 Å². The van der Waals surface area contributed by atoms with E-state index in [2.05, 4.69) is 15.5 Å². The third-order valence-corrected chi connectivity index (χ3v) is 4.48. The van der Waals surface area contributed by atoms with Crippen LogP contribution in [0.4, 0.5) is 0 Å². The van der Waals surface area contributed by atoms with Gasteiger partial charge in [0, 0.05) is 26.4 Å². The Morgan fingerprint density at radius 1 is 1.38 bits per heavy atom. The van der Waals surface area contributed by atoms with Crippen molar-refractivity contribution in [2.45, 2.75) is 51.5 Å². The average molecular weight is 292 g/mol. The maximum atomic E-state index is 12.6. The van der Waals surface area contributed by atoms with Crippen molar-refractivity contribution in [3.8, 4) is 0 Å². The number of hydrogen-bond donors (Lipinski definition) is 1. The van der Waals surface area contributed by atoms with Gasteiger partial charge in [0.25, 0.3) is 0 Å². The van der Waals surface area contributed by atoms with Crippen LogP contribution in [0.1, 0.15) is 43.8 Å². The number of carbonyl (C=O) groups excluding carboxylic acids is 1.